The highest BCUT2D eigenvalue weighted by atomic mass is 35.5. The highest BCUT2D eigenvalue weighted by Crippen LogP contribution is 2.28. The summed E-state index contributed by atoms with van der Waals surface area (Å²) in [6.45, 7) is 3.35. The molecule has 1 aromatic heterocycles. The molecule has 7 heteroatoms. The van der Waals surface area contributed by atoms with Crippen molar-refractivity contribution in [3.05, 3.63) is 65.0 Å². The lowest BCUT2D eigenvalue weighted by molar-refractivity contribution is 0.184. The molecular formula is C22H23ClN4O2. The van der Waals surface area contributed by atoms with Gasteiger partial charge in [-0.05, 0) is 55.2 Å². The van der Waals surface area contributed by atoms with Gasteiger partial charge in [-0.15, -0.1) is 0 Å². The Morgan fingerprint density at radius 2 is 2.03 bits per heavy atom. The van der Waals surface area contributed by atoms with E-state index in [1.165, 1.54) is 0 Å². The molecule has 0 saturated carbocycles. The summed E-state index contributed by atoms with van der Waals surface area (Å²) in [5.74, 6) is 1.14. The molecule has 1 N–H and O–H groups in total. The van der Waals surface area contributed by atoms with E-state index in [2.05, 4.69) is 22.4 Å². The van der Waals surface area contributed by atoms with Gasteiger partial charge in [0.15, 0.2) is 0 Å². The van der Waals surface area contributed by atoms with Crippen molar-refractivity contribution in [1.29, 1.82) is 0 Å². The van der Waals surface area contributed by atoms with Gasteiger partial charge in [-0.3, -0.25) is 0 Å². The fourth-order valence-corrected chi connectivity index (χ4v) is 3.75. The van der Waals surface area contributed by atoms with E-state index in [4.69, 9.17) is 16.1 Å². The molecule has 2 aromatic carbocycles. The van der Waals surface area contributed by atoms with Crippen LogP contribution in [0.25, 0.3) is 11.4 Å². The number of urea groups is 1. The molecule has 1 atom stereocenters. The Balaban J connectivity index is 1.44. The number of anilines is 1. The van der Waals surface area contributed by atoms with Crippen molar-refractivity contribution in [3.63, 3.8) is 0 Å². The van der Waals surface area contributed by atoms with Crippen LogP contribution >= 0.6 is 11.6 Å². The summed E-state index contributed by atoms with van der Waals surface area (Å²) in [5, 5.41) is 7.81. The monoisotopic (exact) mass is 410 g/mol. The number of piperidine rings is 1. The summed E-state index contributed by atoms with van der Waals surface area (Å²) in [6.07, 6.45) is 2.68. The quantitative estimate of drug-likeness (QED) is 0.628. The molecule has 1 unspecified atom stereocenters. The molecule has 1 fully saturated rings. The zero-order chi connectivity index (χ0) is 20.2. The first kappa shape index (κ1) is 19.5. The predicted octanol–water partition coefficient (Wildman–Crippen LogP) is 5.36. The lowest BCUT2D eigenvalue weighted by atomic mass is 9.98. The van der Waals surface area contributed by atoms with Gasteiger partial charge in [0.05, 0.1) is 5.92 Å². The summed E-state index contributed by atoms with van der Waals surface area (Å²) in [5.41, 5.74) is 2.84. The first-order valence-electron chi connectivity index (χ1n) is 9.87. The molecule has 4 rings (SSSR count). The normalized spacial score (nSPS) is 16.6. The van der Waals surface area contributed by atoms with E-state index in [-0.39, 0.29) is 11.9 Å². The molecule has 3 aromatic rings. The number of hydrogen-bond acceptors (Lipinski definition) is 4. The minimum absolute atomic E-state index is 0.0319. The van der Waals surface area contributed by atoms with Gasteiger partial charge in [0.1, 0.15) is 0 Å². The summed E-state index contributed by atoms with van der Waals surface area (Å²) in [7, 11) is 0. The van der Waals surface area contributed by atoms with Crippen molar-refractivity contribution in [2.75, 3.05) is 18.4 Å². The second kappa shape index (κ2) is 8.66. The number of amides is 2. The smallest absolute Gasteiger partial charge is 0.321 e. The van der Waals surface area contributed by atoms with Crippen LogP contribution in [0.15, 0.2) is 53.1 Å². The maximum Gasteiger partial charge on any atom is 0.321 e. The Morgan fingerprint density at radius 1 is 1.24 bits per heavy atom. The van der Waals surface area contributed by atoms with E-state index in [0.29, 0.717) is 23.3 Å². The summed E-state index contributed by atoms with van der Waals surface area (Å²) in [6, 6.07) is 15.1. The van der Waals surface area contributed by atoms with E-state index >= 15 is 0 Å². The van der Waals surface area contributed by atoms with Gasteiger partial charge in [0.2, 0.25) is 11.7 Å². The number of aryl methyl sites for hydroxylation is 1. The average Bonchev–Trinajstić information content (AvgIpc) is 3.25. The van der Waals surface area contributed by atoms with Gasteiger partial charge >= 0.3 is 6.03 Å². The minimum Gasteiger partial charge on any atom is -0.339 e. The van der Waals surface area contributed by atoms with E-state index in [9.17, 15) is 4.79 Å². The lowest BCUT2D eigenvalue weighted by Gasteiger charge is -2.31. The molecule has 0 spiro atoms. The standard InChI is InChI=1S/C22H23ClN4O2/c1-2-15-6-3-4-8-19(15)24-22(28)27-13-5-7-17(14-27)21-25-20(26-29-21)16-9-11-18(23)12-10-16/h3-4,6,8-12,17H,2,5,7,13-14H2,1H3,(H,24,28). The summed E-state index contributed by atoms with van der Waals surface area (Å²) in [4.78, 5) is 19.2. The maximum atomic E-state index is 12.8. The molecule has 2 amide bonds. The number of nitrogens with zero attached hydrogens (tertiary/aromatic N) is 3. The van der Waals surface area contributed by atoms with Gasteiger partial charge in [0.25, 0.3) is 0 Å². The minimum atomic E-state index is -0.0898. The summed E-state index contributed by atoms with van der Waals surface area (Å²) >= 11 is 5.94. The molecule has 29 heavy (non-hydrogen) atoms. The number of para-hydroxylation sites is 1. The number of carbonyl (C=O) groups is 1. The van der Waals surface area contributed by atoms with Gasteiger partial charge in [-0.1, -0.05) is 41.9 Å². The van der Waals surface area contributed by atoms with E-state index < -0.39 is 0 Å². The van der Waals surface area contributed by atoms with Crippen molar-refractivity contribution < 1.29 is 9.32 Å². The van der Waals surface area contributed by atoms with Crippen LogP contribution in [0.1, 0.15) is 37.1 Å². The van der Waals surface area contributed by atoms with Crippen molar-refractivity contribution in [2.45, 2.75) is 32.1 Å². The number of aromatic nitrogens is 2. The van der Waals surface area contributed by atoms with Gasteiger partial charge in [-0.25, -0.2) is 4.79 Å². The number of nitrogens with one attached hydrogen (secondary N) is 1. The Morgan fingerprint density at radius 3 is 2.83 bits per heavy atom. The molecule has 6 nitrogen and oxygen atoms in total. The third-order valence-electron chi connectivity index (χ3n) is 5.24. The molecular weight excluding hydrogens is 388 g/mol. The van der Waals surface area contributed by atoms with Gasteiger partial charge < -0.3 is 14.7 Å². The van der Waals surface area contributed by atoms with Crippen molar-refractivity contribution in [2.24, 2.45) is 0 Å². The van der Waals surface area contributed by atoms with Crippen LogP contribution in [-0.4, -0.2) is 34.2 Å². The number of likely N-dealkylation sites (tertiary alicyclic amines) is 1. The van der Waals surface area contributed by atoms with Gasteiger partial charge in [-0.2, -0.15) is 4.98 Å². The van der Waals surface area contributed by atoms with Crippen LogP contribution in [0.3, 0.4) is 0 Å². The molecule has 0 radical (unpaired) electrons. The van der Waals surface area contributed by atoms with Gasteiger partial charge in [0, 0.05) is 29.4 Å². The maximum absolute atomic E-state index is 12.8. The van der Waals surface area contributed by atoms with Crippen molar-refractivity contribution in [1.82, 2.24) is 15.0 Å². The molecule has 1 aliphatic heterocycles. The fraction of sp³-hybridized carbons (Fsp3) is 0.318. The summed E-state index contributed by atoms with van der Waals surface area (Å²) < 4.78 is 5.52. The zero-order valence-corrected chi connectivity index (χ0v) is 17.0. The zero-order valence-electron chi connectivity index (χ0n) is 16.3. The highest BCUT2D eigenvalue weighted by Gasteiger charge is 2.29. The third-order valence-corrected chi connectivity index (χ3v) is 5.49. The Labute approximate surface area is 174 Å². The second-order valence-corrected chi connectivity index (χ2v) is 7.63. The predicted molar refractivity (Wildman–Crippen MR) is 113 cm³/mol. The van der Waals surface area contributed by atoms with Crippen LogP contribution in [0.5, 0.6) is 0 Å². The van der Waals surface area contributed by atoms with E-state index in [1.54, 1.807) is 12.1 Å². The lowest BCUT2D eigenvalue weighted by Crippen LogP contribution is -2.41. The molecule has 1 aliphatic rings. The number of halogens is 1. The SMILES string of the molecule is CCc1ccccc1NC(=O)N1CCCC(c2nc(-c3ccc(Cl)cc3)no2)C1. The Bertz CT molecular complexity index is 986. The number of rotatable bonds is 4. The van der Waals surface area contributed by atoms with Crippen LogP contribution in [0, 0.1) is 0 Å². The Hall–Kier alpha value is -2.86. The number of carbonyl (C=O) groups excluding carboxylic acids is 1. The average molecular weight is 411 g/mol. The first-order valence-corrected chi connectivity index (χ1v) is 10.2. The second-order valence-electron chi connectivity index (χ2n) is 7.19. The third kappa shape index (κ3) is 4.43. The molecule has 150 valence electrons. The Kier molecular flexibility index (Phi) is 5.81. The largest absolute Gasteiger partial charge is 0.339 e. The topological polar surface area (TPSA) is 71.3 Å². The van der Waals surface area contributed by atoms with Crippen LogP contribution < -0.4 is 5.32 Å². The molecule has 0 aliphatic carbocycles. The fourth-order valence-electron chi connectivity index (χ4n) is 3.63. The molecule has 1 saturated heterocycles. The number of benzene rings is 2. The van der Waals surface area contributed by atoms with Crippen molar-refractivity contribution >= 4 is 23.3 Å². The van der Waals surface area contributed by atoms with Crippen LogP contribution in [0.2, 0.25) is 5.02 Å². The van der Waals surface area contributed by atoms with E-state index in [0.717, 1.165) is 42.6 Å². The van der Waals surface area contributed by atoms with Crippen LogP contribution in [-0.2, 0) is 6.42 Å². The van der Waals surface area contributed by atoms with Crippen molar-refractivity contribution in [3.8, 4) is 11.4 Å². The first-order chi connectivity index (χ1) is 14.1. The molecule has 0 bridgehead atoms. The molecule has 2 heterocycles. The van der Waals surface area contributed by atoms with Crippen LogP contribution in [0.4, 0.5) is 10.5 Å². The van der Waals surface area contributed by atoms with E-state index in [1.807, 2.05) is 41.3 Å². The highest BCUT2D eigenvalue weighted by molar-refractivity contribution is 6.30. The number of hydrogen-bond donors (Lipinski definition) is 1.